The van der Waals surface area contributed by atoms with Crippen molar-refractivity contribution in [3.63, 3.8) is 0 Å². The number of carbonyl (C=O) groups excluding carboxylic acids is 1. The molecule has 0 bridgehead atoms. The Morgan fingerprint density at radius 3 is 2.46 bits per heavy atom. The fourth-order valence-corrected chi connectivity index (χ4v) is 4.24. The van der Waals surface area contributed by atoms with E-state index in [-0.39, 0.29) is 34.4 Å². The van der Waals surface area contributed by atoms with E-state index in [1.54, 1.807) is 13.0 Å². The van der Waals surface area contributed by atoms with Gasteiger partial charge in [0.15, 0.2) is 5.75 Å². The molecule has 1 aliphatic heterocycles. The zero-order valence-electron chi connectivity index (χ0n) is 15.3. The van der Waals surface area contributed by atoms with Crippen LogP contribution < -0.4 is 4.74 Å². The minimum Gasteiger partial charge on any atom is -0.506 e. The average molecular weight is 522 g/mol. The number of phenols is 1. The van der Waals surface area contributed by atoms with Crippen LogP contribution in [0.2, 0.25) is 0 Å². The number of aliphatic hydroxyl groups is 3. The van der Waals surface area contributed by atoms with E-state index in [9.17, 15) is 25.2 Å². The van der Waals surface area contributed by atoms with Crippen LogP contribution in [0.25, 0.3) is 6.08 Å². The molecule has 0 fully saturated rings. The third-order valence-electron chi connectivity index (χ3n) is 4.27. The lowest BCUT2D eigenvalue weighted by Gasteiger charge is -2.21. The molecule has 1 aromatic carbocycles. The number of hydrogen-bond donors (Lipinski definition) is 4. The Morgan fingerprint density at radius 2 is 1.82 bits per heavy atom. The third-order valence-corrected chi connectivity index (χ3v) is 5.80. The van der Waals surface area contributed by atoms with Gasteiger partial charge in [-0.3, -0.25) is 0 Å². The van der Waals surface area contributed by atoms with Crippen molar-refractivity contribution in [1.29, 1.82) is 0 Å². The number of cyclic esters (lactones) is 1. The molecule has 0 amide bonds. The van der Waals surface area contributed by atoms with Crippen molar-refractivity contribution in [3.05, 3.63) is 38.3 Å². The van der Waals surface area contributed by atoms with E-state index in [2.05, 4.69) is 31.9 Å². The molecule has 0 unspecified atom stereocenters. The van der Waals surface area contributed by atoms with Crippen LogP contribution in [0.4, 0.5) is 0 Å². The van der Waals surface area contributed by atoms with Crippen LogP contribution in [0.15, 0.2) is 27.2 Å². The van der Waals surface area contributed by atoms with E-state index in [0.717, 1.165) is 0 Å². The molecule has 0 saturated heterocycles. The summed E-state index contributed by atoms with van der Waals surface area (Å²) in [4.78, 5) is 12.7. The molecule has 0 radical (unpaired) electrons. The number of esters is 1. The summed E-state index contributed by atoms with van der Waals surface area (Å²) in [5, 5.41) is 40.6. The monoisotopic (exact) mass is 520 g/mol. The van der Waals surface area contributed by atoms with E-state index in [4.69, 9.17) is 9.47 Å². The lowest BCUT2D eigenvalue weighted by Crippen LogP contribution is -2.35. The van der Waals surface area contributed by atoms with Crippen LogP contribution in [-0.4, -0.2) is 57.9 Å². The maximum Gasteiger partial charge on any atom is 0.342 e. The molecule has 0 saturated carbocycles. The summed E-state index contributed by atoms with van der Waals surface area (Å²) in [6.07, 6.45) is 1.78. The van der Waals surface area contributed by atoms with E-state index in [0.29, 0.717) is 10.0 Å². The number of halogens is 2. The number of fused-ring (bicyclic) bond motifs is 1. The maximum atomic E-state index is 12.7. The normalized spacial score (nSPS) is 26.3. The van der Waals surface area contributed by atoms with Crippen molar-refractivity contribution in [2.75, 3.05) is 7.11 Å². The predicted octanol–water partition coefficient (Wildman–Crippen LogP) is 2.92. The van der Waals surface area contributed by atoms with Crippen molar-refractivity contribution in [3.8, 4) is 11.5 Å². The smallest absolute Gasteiger partial charge is 0.342 e. The molecule has 28 heavy (non-hydrogen) atoms. The Hall–Kier alpha value is -1.39. The van der Waals surface area contributed by atoms with Crippen LogP contribution >= 0.6 is 31.9 Å². The molecular formula is C19H22Br2O7. The highest BCUT2D eigenvalue weighted by Crippen LogP contribution is 2.46. The second kappa shape index (κ2) is 9.89. The predicted molar refractivity (Wildman–Crippen MR) is 110 cm³/mol. The number of phenolic OH excluding ortho intramolecular Hbond substituents is 1. The number of hydrogen-bond acceptors (Lipinski definition) is 7. The van der Waals surface area contributed by atoms with E-state index >= 15 is 0 Å². The van der Waals surface area contributed by atoms with Gasteiger partial charge in [-0.15, -0.1) is 0 Å². The number of carbonyl (C=O) groups is 1. The molecule has 1 heterocycles. The highest BCUT2D eigenvalue weighted by molar-refractivity contribution is 9.11. The number of benzene rings is 1. The molecule has 7 nitrogen and oxygen atoms in total. The Bertz CT molecular complexity index is 791. The number of aromatic hydroxyl groups is 1. The largest absolute Gasteiger partial charge is 0.506 e. The summed E-state index contributed by atoms with van der Waals surface area (Å²) in [6.45, 7) is 1.66. The van der Waals surface area contributed by atoms with Gasteiger partial charge in [-0.2, -0.15) is 0 Å². The van der Waals surface area contributed by atoms with Crippen LogP contribution in [0.5, 0.6) is 11.5 Å². The summed E-state index contributed by atoms with van der Waals surface area (Å²) < 4.78 is 11.3. The maximum absolute atomic E-state index is 12.7. The van der Waals surface area contributed by atoms with Gasteiger partial charge in [-0.25, -0.2) is 4.79 Å². The van der Waals surface area contributed by atoms with Crippen LogP contribution in [-0.2, 0) is 4.74 Å². The summed E-state index contributed by atoms with van der Waals surface area (Å²) in [5.41, 5.74) is 0.225. The zero-order valence-corrected chi connectivity index (χ0v) is 18.5. The van der Waals surface area contributed by atoms with Gasteiger partial charge in [-0.1, -0.05) is 24.3 Å². The molecule has 0 aromatic heterocycles. The Balaban J connectivity index is 2.59. The number of ether oxygens (including phenoxy) is 2. The summed E-state index contributed by atoms with van der Waals surface area (Å²) in [7, 11) is 1.41. The first-order chi connectivity index (χ1) is 13.2. The standard InChI is InChI=1S/C19H22Br2O7/c1-9-5-3-7-11(22)16(24)12(23)8-4-6-10-13(19(26)28-9)17(25)15(21)18(27-2)14(10)20/h3-4,6-7,9,11-12,16,22-25H,5,8H2,1-2H3/t9-,11-,12+,16+/m0/s1. The molecule has 154 valence electrons. The van der Waals surface area contributed by atoms with Crippen LogP contribution in [0, 0.1) is 0 Å². The van der Waals surface area contributed by atoms with Crippen LogP contribution in [0.1, 0.15) is 35.7 Å². The minimum atomic E-state index is -1.38. The highest BCUT2D eigenvalue weighted by Gasteiger charge is 2.28. The Morgan fingerprint density at radius 1 is 1.14 bits per heavy atom. The van der Waals surface area contributed by atoms with Gasteiger partial charge in [0, 0.05) is 12.0 Å². The fraction of sp³-hybridized carbons (Fsp3) is 0.421. The molecule has 1 aliphatic rings. The second-order valence-corrected chi connectivity index (χ2v) is 7.95. The number of methoxy groups -OCH3 is 1. The van der Waals surface area contributed by atoms with E-state index in [1.165, 1.54) is 25.3 Å². The van der Waals surface area contributed by atoms with Crippen LogP contribution in [0.3, 0.4) is 0 Å². The number of aliphatic hydroxyl groups excluding tert-OH is 3. The summed E-state index contributed by atoms with van der Waals surface area (Å²) in [6, 6.07) is 0. The number of rotatable bonds is 1. The molecule has 0 spiro atoms. The lowest BCUT2D eigenvalue weighted by molar-refractivity contribution is -0.0394. The molecule has 1 aromatic rings. The SMILES string of the molecule is COc1c(Br)c(O)c2c(c1Br)C=CC[C@@H](O)[C@H](O)[C@@H](O)C=CC[C@H](C)OC2=O. The van der Waals surface area contributed by atoms with E-state index < -0.39 is 30.4 Å². The van der Waals surface area contributed by atoms with Gasteiger partial charge in [0.25, 0.3) is 0 Å². The zero-order chi connectivity index (χ0) is 21.0. The topological polar surface area (TPSA) is 116 Å². The van der Waals surface area contributed by atoms with Crippen molar-refractivity contribution in [2.45, 2.75) is 44.2 Å². The molecule has 9 heteroatoms. The van der Waals surface area contributed by atoms with Crippen molar-refractivity contribution in [1.82, 2.24) is 0 Å². The first-order valence-corrected chi connectivity index (χ1v) is 10.1. The Labute approximate surface area is 179 Å². The first-order valence-electron chi connectivity index (χ1n) is 8.55. The average Bonchev–Trinajstić information content (AvgIpc) is 2.64. The van der Waals surface area contributed by atoms with Gasteiger partial charge in [0.05, 0.1) is 17.7 Å². The van der Waals surface area contributed by atoms with Gasteiger partial charge in [-0.05, 0) is 45.2 Å². The molecule has 4 atom stereocenters. The second-order valence-electron chi connectivity index (χ2n) is 6.36. The minimum absolute atomic E-state index is 0.00252. The highest BCUT2D eigenvalue weighted by atomic mass is 79.9. The fourth-order valence-electron chi connectivity index (χ4n) is 2.72. The quantitative estimate of drug-likeness (QED) is 0.331. The molecule has 4 N–H and O–H groups in total. The van der Waals surface area contributed by atoms with Gasteiger partial charge < -0.3 is 29.9 Å². The molecule has 0 aliphatic carbocycles. The summed E-state index contributed by atoms with van der Waals surface area (Å²) in [5.74, 6) is -0.794. The van der Waals surface area contributed by atoms with Gasteiger partial charge in [0.1, 0.15) is 34.1 Å². The molecule has 2 rings (SSSR count). The van der Waals surface area contributed by atoms with E-state index in [1.807, 2.05) is 0 Å². The Kier molecular flexibility index (Phi) is 8.08. The van der Waals surface area contributed by atoms with Gasteiger partial charge >= 0.3 is 5.97 Å². The first kappa shape index (κ1) is 22.9. The van der Waals surface area contributed by atoms with Crippen molar-refractivity contribution < 1.29 is 34.7 Å². The third kappa shape index (κ3) is 4.96. The van der Waals surface area contributed by atoms with Crippen molar-refractivity contribution in [2.24, 2.45) is 0 Å². The lowest BCUT2D eigenvalue weighted by atomic mass is 10.0. The van der Waals surface area contributed by atoms with Crippen molar-refractivity contribution >= 4 is 43.9 Å². The van der Waals surface area contributed by atoms with Gasteiger partial charge in [0.2, 0.25) is 0 Å². The summed E-state index contributed by atoms with van der Waals surface area (Å²) >= 11 is 6.59. The molecular weight excluding hydrogens is 500 g/mol.